The molecule has 4 heterocycles. The van der Waals surface area contributed by atoms with Crippen LogP contribution in [0.25, 0.3) is 11.0 Å². The predicted molar refractivity (Wildman–Crippen MR) is 90.6 cm³/mol. The van der Waals surface area contributed by atoms with Crippen molar-refractivity contribution in [2.45, 2.75) is 24.5 Å². The zero-order valence-corrected chi connectivity index (χ0v) is 14.8. The molecule has 0 aromatic carbocycles. The average Bonchev–Trinajstić information content (AvgIpc) is 3.11. The number of phosphoric ester groups is 1. The van der Waals surface area contributed by atoms with Gasteiger partial charge in [-0.3, -0.25) is 4.52 Å². The van der Waals surface area contributed by atoms with Crippen LogP contribution < -0.4 is 10.7 Å². The summed E-state index contributed by atoms with van der Waals surface area (Å²) < 4.78 is 22.3. The molecule has 4 rings (SSSR count). The third-order valence-corrected chi connectivity index (χ3v) is 4.93. The first-order chi connectivity index (χ1) is 12.7. The summed E-state index contributed by atoms with van der Waals surface area (Å²) in [5, 5.41) is 26.8. The number of ether oxygens (including phenoxy) is 1. The van der Waals surface area contributed by atoms with Crippen molar-refractivity contribution in [3.05, 3.63) is 18.1 Å². The van der Waals surface area contributed by atoms with Crippen LogP contribution in [0.1, 0.15) is 11.8 Å². The lowest BCUT2D eigenvalue weighted by Gasteiger charge is -2.19. The molecule has 27 heavy (non-hydrogen) atoms. The summed E-state index contributed by atoms with van der Waals surface area (Å²) in [6.45, 7) is -0.600. The SMILES string of the molecule is CN1N=C(N)c2cn([C@H]3O[C@@H](COP(=O)(O)O)[C@H](O)[C@@H]3O)c3ncnc1c23. The maximum atomic E-state index is 10.9. The topological polar surface area (TPSA) is 189 Å². The summed E-state index contributed by atoms with van der Waals surface area (Å²) in [6.07, 6.45) is -2.17. The molecule has 4 atom stereocenters. The zero-order valence-electron chi connectivity index (χ0n) is 13.9. The Labute approximate surface area is 151 Å². The number of aliphatic hydroxyl groups is 2. The Balaban J connectivity index is 1.72. The van der Waals surface area contributed by atoms with Gasteiger partial charge >= 0.3 is 7.82 Å². The normalized spacial score (nSPS) is 28.0. The Morgan fingerprint density at radius 3 is 2.78 bits per heavy atom. The molecule has 14 heteroatoms. The smallest absolute Gasteiger partial charge is 0.387 e. The van der Waals surface area contributed by atoms with Gasteiger partial charge in [0.1, 0.15) is 30.3 Å². The van der Waals surface area contributed by atoms with Crippen LogP contribution in [0.5, 0.6) is 0 Å². The van der Waals surface area contributed by atoms with Gasteiger partial charge < -0.3 is 35.0 Å². The van der Waals surface area contributed by atoms with E-state index >= 15 is 0 Å². The number of amidine groups is 1. The van der Waals surface area contributed by atoms with Crippen molar-refractivity contribution >= 4 is 30.5 Å². The van der Waals surface area contributed by atoms with Gasteiger partial charge in [-0.2, -0.15) is 5.10 Å². The molecule has 0 amide bonds. The molecule has 0 spiro atoms. The third kappa shape index (κ3) is 2.99. The van der Waals surface area contributed by atoms with Gasteiger partial charge in [-0.1, -0.05) is 0 Å². The van der Waals surface area contributed by atoms with E-state index in [4.69, 9.17) is 20.3 Å². The monoisotopic (exact) mass is 400 g/mol. The quantitative estimate of drug-likeness (QED) is 0.365. The van der Waals surface area contributed by atoms with E-state index in [1.54, 1.807) is 13.2 Å². The summed E-state index contributed by atoms with van der Waals surface area (Å²) >= 11 is 0. The summed E-state index contributed by atoms with van der Waals surface area (Å²) in [5.41, 5.74) is 6.91. The van der Waals surface area contributed by atoms with Crippen LogP contribution in [-0.4, -0.2) is 72.3 Å². The molecule has 2 aromatic rings. The Morgan fingerprint density at radius 2 is 2.07 bits per heavy atom. The van der Waals surface area contributed by atoms with E-state index in [1.165, 1.54) is 15.9 Å². The summed E-state index contributed by atoms with van der Waals surface area (Å²) in [4.78, 5) is 26.0. The van der Waals surface area contributed by atoms with Crippen molar-refractivity contribution < 1.29 is 33.8 Å². The molecule has 0 radical (unpaired) electrons. The van der Waals surface area contributed by atoms with E-state index in [1.807, 2.05) is 0 Å². The molecule has 0 aliphatic carbocycles. The summed E-state index contributed by atoms with van der Waals surface area (Å²) in [6, 6.07) is 0. The number of hydrazone groups is 1. The Hall–Kier alpha value is -2.12. The van der Waals surface area contributed by atoms with Crippen molar-refractivity contribution in [2.24, 2.45) is 10.8 Å². The van der Waals surface area contributed by atoms with Gasteiger partial charge in [0.25, 0.3) is 0 Å². The van der Waals surface area contributed by atoms with Crippen LogP contribution in [0, 0.1) is 0 Å². The van der Waals surface area contributed by atoms with Crippen LogP contribution in [0.2, 0.25) is 0 Å². The lowest BCUT2D eigenvalue weighted by atomic mass is 10.1. The maximum Gasteiger partial charge on any atom is 0.469 e. The highest BCUT2D eigenvalue weighted by Crippen LogP contribution is 2.40. The number of aromatic nitrogens is 3. The van der Waals surface area contributed by atoms with Crippen LogP contribution in [0.15, 0.2) is 17.6 Å². The van der Waals surface area contributed by atoms with Crippen LogP contribution in [0.4, 0.5) is 5.82 Å². The van der Waals surface area contributed by atoms with Crippen molar-refractivity contribution in [1.82, 2.24) is 14.5 Å². The van der Waals surface area contributed by atoms with Crippen molar-refractivity contribution in [3.8, 4) is 0 Å². The fourth-order valence-electron chi connectivity index (χ4n) is 3.23. The number of hydrogen-bond donors (Lipinski definition) is 5. The molecular weight excluding hydrogens is 383 g/mol. The first-order valence-corrected chi connectivity index (χ1v) is 9.36. The minimum Gasteiger partial charge on any atom is -0.387 e. The zero-order chi connectivity index (χ0) is 19.5. The van der Waals surface area contributed by atoms with Crippen molar-refractivity contribution in [2.75, 3.05) is 18.7 Å². The second kappa shape index (κ2) is 6.21. The number of aliphatic hydroxyl groups excluding tert-OH is 2. The highest BCUT2D eigenvalue weighted by Gasteiger charge is 2.45. The number of rotatable bonds is 4. The summed E-state index contributed by atoms with van der Waals surface area (Å²) in [5.74, 6) is 0.732. The molecule has 1 fully saturated rings. The molecule has 0 saturated carbocycles. The van der Waals surface area contributed by atoms with Crippen molar-refractivity contribution in [3.63, 3.8) is 0 Å². The van der Waals surface area contributed by atoms with E-state index in [9.17, 15) is 14.8 Å². The van der Waals surface area contributed by atoms with Gasteiger partial charge in [-0.25, -0.2) is 19.5 Å². The van der Waals surface area contributed by atoms with E-state index in [0.717, 1.165) is 0 Å². The van der Waals surface area contributed by atoms with E-state index in [2.05, 4.69) is 19.6 Å². The minimum absolute atomic E-state index is 0.220. The van der Waals surface area contributed by atoms with Gasteiger partial charge in [-0.05, 0) is 0 Å². The third-order valence-electron chi connectivity index (χ3n) is 4.45. The largest absolute Gasteiger partial charge is 0.469 e. The number of nitrogens with two attached hydrogens (primary N) is 1. The van der Waals surface area contributed by atoms with E-state index in [0.29, 0.717) is 22.4 Å². The van der Waals surface area contributed by atoms with Crippen LogP contribution >= 0.6 is 7.82 Å². The fourth-order valence-corrected chi connectivity index (χ4v) is 3.57. The molecule has 0 unspecified atom stereocenters. The Kier molecular flexibility index (Phi) is 4.20. The molecule has 2 aliphatic heterocycles. The minimum atomic E-state index is -4.75. The predicted octanol–water partition coefficient (Wildman–Crippen LogP) is -1.77. The second-order valence-corrected chi connectivity index (χ2v) is 7.43. The van der Waals surface area contributed by atoms with Gasteiger partial charge in [0.15, 0.2) is 17.9 Å². The van der Waals surface area contributed by atoms with Crippen LogP contribution in [-0.2, 0) is 13.8 Å². The highest BCUT2D eigenvalue weighted by molar-refractivity contribution is 7.46. The van der Waals surface area contributed by atoms with Gasteiger partial charge in [-0.15, -0.1) is 0 Å². The molecule has 0 bridgehead atoms. The van der Waals surface area contributed by atoms with E-state index in [-0.39, 0.29) is 5.84 Å². The number of phosphoric acid groups is 1. The van der Waals surface area contributed by atoms with Gasteiger partial charge in [0.05, 0.1) is 12.0 Å². The standard InChI is InChI=1S/C13H17N6O7P/c1-18-11-7-5(10(14)17-18)2-19(12(7)16-4-15-11)13-9(21)8(20)6(26-13)3-25-27(22,23)24/h2,4,6,8-9,13,20-21H,3H2,1H3,(H2,14,17)(H2,22,23,24)/t6-,8-,9-,13-/m0/s1. The maximum absolute atomic E-state index is 10.9. The summed E-state index contributed by atoms with van der Waals surface area (Å²) in [7, 11) is -3.07. The number of anilines is 1. The van der Waals surface area contributed by atoms with E-state index < -0.39 is 39.0 Å². The number of hydrogen-bond acceptors (Lipinski definition) is 10. The average molecular weight is 400 g/mol. The molecular formula is C13H17N6O7P. The second-order valence-electron chi connectivity index (χ2n) is 6.19. The molecule has 146 valence electrons. The Bertz CT molecular complexity index is 973. The highest BCUT2D eigenvalue weighted by atomic mass is 31.2. The van der Waals surface area contributed by atoms with Crippen LogP contribution in [0.3, 0.4) is 0 Å². The fraction of sp³-hybridized carbons (Fsp3) is 0.462. The van der Waals surface area contributed by atoms with Gasteiger partial charge in [0, 0.05) is 18.8 Å². The molecule has 1 saturated heterocycles. The lowest BCUT2D eigenvalue weighted by Crippen LogP contribution is -2.33. The molecule has 6 N–H and O–H groups in total. The Morgan fingerprint density at radius 1 is 1.33 bits per heavy atom. The molecule has 2 aromatic heterocycles. The molecule has 2 aliphatic rings. The first kappa shape index (κ1) is 18.3. The lowest BCUT2D eigenvalue weighted by molar-refractivity contribution is -0.0501. The van der Waals surface area contributed by atoms with Gasteiger partial charge in [0.2, 0.25) is 0 Å². The molecule has 13 nitrogen and oxygen atoms in total. The van der Waals surface area contributed by atoms with Crippen molar-refractivity contribution in [1.29, 1.82) is 0 Å². The number of nitrogens with zero attached hydrogens (tertiary/aromatic N) is 5. The first-order valence-electron chi connectivity index (χ1n) is 7.83.